The number of carboxylic acids is 1. The number of benzene rings is 2. The van der Waals surface area contributed by atoms with Crippen LogP contribution in [-0.2, 0) is 24.1 Å². The van der Waals surface area contributed by atoms with Crippen LogP contribution in [0.3, 0.4) is 0 Å². The van der Waals surface area contributed by atoms with Gasteiger partial charge in [-0.3, -0.25) is 4.79 Å². The van der Waals surface area contributed by atoms with E-state index in [1.807, 2.05) is 6.07 Å². The van der Waals surface area contributed by atoms with Crippen LogP contribution in [0.5, 0.6) is 0 Å². The van der Waals surface area contributed by atoms with Gasteiger partial charge in [-0.2, -0.15) is 0 Å². The van der Waals surface area contributed by atoms with Gasteiger partial charge < -0.3 is 10.4 Å². The van der Waals surface area contributed by atoms with E-state index in [4.69, 9.17) is 5.11 Å². The maximum Gasteiger partial charge on any atom is 0.335 e. The summed E-state index contributed by atoms with van der Waals surface area (Å²) in [5.74, 6) is -0.876. The van der Waals surface area contributed by atoms with Crippen LogP contribution in [-0.4, -0.2) is 23.0 Å². The Kier molecular flexibility index (Phi) is 4.94. The fraction of sp³-hybridized carbons (Fsp3) is 0.300. The van der Waals surface area contributed by atoms with Crippen LogP contribution in [0.15, 0.2) is 48.5 Å². The second kappa shape index (κ2) is 7.30. The minimum absolute atomic E-state index is 0.0571. The van der Waals surface area contributed by atoms with Gasteiger partial charge in [0.15, 0.2) is 0 Å². The predicted octanol–water partition coefficient (Wildman–Crippen LogP) is 2.99. The molecule has 0 saturated heterocycles. The highest BCUT2D eigenvalue weighted by molar-refractivity contribution is 5.87. The van der Waals surface area contributed by atoms with Gasteiger partial charge in [0.25, 0.3) is 0 Å². The number of hydrogen-bond donors (Lipinski definition) is 2. The molecule has 1 aliphatic carbocycles. The summed E-state index contributed by atoms with van der Waals surface area (Å²) in [5.41, 5.74) is 3.97. The Morgan fingerprint density at radius 1 is 1.04 bits per heavy atom. The average Bonchev–Trinajstić information content (AvgIpc) is 2.60. The van der Waals surface area contributed by atoms with Crippen molar-refractivity contribution in [3.8, 4) is 0 Å². The minimum atomic E-state index is -0.933. The zero-order valence-electron chi connectivity index (χ0n) is 13.5. The molecule has 4 nitrogen and oxygen atoms in total. The van der Waals surface area contributed by atoms with E-state index in [1.165, 1.54) is 11.1 Å². The van der Waals surface area contributed by atoms with E-state index >= 15 is 0 Å². The molecule has 0 fully saturated rings. The van der Waals surface area contributed by atoms with Crippen molar-refractivity contribution in [2.24, 2.45) is 0 Å². The number of nitrogens with one attached hydrogen (secondary N) is 1. The highest BCUT2D eigenvalue weighted by Gasteiger charge is 2.19. The topological polar surface area (TPSA) is 66.4 Å². The predicted molar refractivity (Wildman–Crippen MR) is 92.1 cm³/mol. The van der Waals surface area contributed by atoms with Gasteiger partial charge in [0.2, 0.25) is 5.91 Å². The first-order valence-corrected chi connectivity index (χ1v) is 8.30. The van der Waals surface area contributed by atoms with Gasteiger partial charge in [0, 0.05) is 12.5 Å². The number of fused-ring (bicyclic) bond motifs is 1. The number of carbonyl (C=O) groups excluding carboxylic acids is 1. The molecule has 24 heavy (non-hydrogen) atoms. The Bertz CT molecular complexity index is 737. The molecule has 1 atom stereocenters. The molecular formula is C20H21NO3. The molecule has 3 rings (SSSR count). The fourth-order valence-electron chi connectivity index (χ4n) is 3.19. The fourth-order valence-corrected chi connectivity index (χ4v) is 3.19. The molecule has 0 bridgehead atoms. The molecule has 0 saturated carbocycles. The van der Waals surface area contributed by atoms with Crippen molar-refractivity contribution >= 4 is 11.9 Å². The Balaban J connectivity index is 1.49. The van der Waals surface area contributed by atoms with Gasteiger partial charge >= 0.3 is 5.97 Å². The van der Waals surface area contributed by atoms with Crippen molar-refractivity contribution in [2.45, 2.75) is 38.1 Å². The average molecular weight is 323 g/mol. The smallest absolute Gasteiger partial charge is 0.335 e. The lowest BCUT2D eigenvalue weighted by Crippen LogP contribution is -2.38. The van der Waals surface area contributed by atoms with Crippen LogP contribution in [0.2, 0.25) is 0 Å². The molecule has 1 amide bonds. The second-order valence-electron chi connectivity index (χ2n) is 6.28. The number of carboxylic acid groups (broad SMARTS) is 1. The summed E-state index contributed by atoms with van der Waals surface area (Å²) in [6, 6.07) is 15.3. The number of carbonyl (C=O) groups is 2. The molecule has 0 radical (unpaired) electrons. The maximum absolute atomic E-state index is 12.2. The van der Waals surface area contributed by atoms with Crippen LogP contribution < -0.4 is 5.32 Å². The Hall–Kier alpha value is -2.62. The van der Waals surface area contributed by atoms with Crippen molar-refractivity contribution in [1.82, 2.24) is 5.32 Å². The molecule has 1 unspecified atom stereocenters. The van der Waals surface area contributed by atoms with E-state index in [0.29, 0.717) is 12.8 Å². The van der Waals surface area contributed by atoms with Crippen LogP contribution in [0.4, 0.5) is 0 Å². The van der Waals surface area contributed by atoms with E-state index in [0.717, 1.165) is 24.8 Å². The van der Waals surface area contributed by atoms with Gasteiger partial charge in [-0.1, -0.05) is 36.4 Å². The molecule has 0 aliphatic heterocycles. The first-order valence-electron chi connectivity index (χ1n) is 8.30. The third-order valence-electron chi connectivity index (χ3n) is 4.55. The van der Waals surface area contributed by atoms with E-state index in [2.05, 4.69) is 23.5 Å². The van der Waals surface area contributed by atoms with Crippen LogP contribution in [0, 0.1) is 0 Å². The van der Waals surface area contributed by atoms with Crippen LogP contribution in [0.25, 0.3) is 0 Å². The molecule has 2 aromatic rings. The molecule has 0 aromatic heterocycles. The van der Waals surface area contributed by atoms with E-state index < -0.39 is 5.97 Å². The van der Waals surface area contributed by atoms with Crippen molar-refractivity contribution in [1.29, 1.82) is 0 Å². The minimum Gasteiger partial charge on any atom is -0.478 e. The quantitative estimate of drug-likeness (QED) is 0.889. The first-order chi connectivity index (χ1) is 11.6. The van der Waals surface area contributed by atoms with Gasteiger partial charge in [0.05, 0.1) is 5.56 Å². The highest BCUT2D eigenvalue weighted by Crippen LogP contribution is 2.21. The number of aryl methyl sites for hydroxylation is 2. The molecule has 0 heterocycles. The van der Waals surface area contributed by atoms with Crippen molar-refractivity contribution in [3.05, 3.63) is 70.8 Å². The molecule has 2 aromatic carbocycles. The summed E-state index contributed by atoms with van der Waals surface area (Å²) in [6.07, 6.45) is 3.93. The lowest BCUT2D eigenvalue weighted by atomic mass is 9.88. The standard InChI is InChI=1S/C20H21NO3/c22-19(12-7-14-5-8-16(9-6-14)20(23)24)21-18-11-10-15-3-1-2-4-17(15)13-18/h1-6,8-9,18H,7,10-13H2,(H,21,22)(H,23,24). The monoisotopic (exact) mass is 323 g/mol. The largest absolute Gasteiger partial charge is 0.478 e. The lowest BCUT2D eigenvalue weighted by molar-refractivity contribution is -0.121. The molecule has 0 spiro atoms. The SMILES string of the molecule is O=C(CCc1ccc(C(=O)O)cc1)NC1CCc2ccccc2C1. The van der Waals surface area contributed by atoms with Gasteiger partial charge in [0.1, 0.15) is 0 Å². The summed E-state index contributed by atoms with van der Waals surface area (Å²) in [4.78, 5) is 23.0. The van der Waals surface area contributed by atoms with Gasteiger partial charge in [-0.25, -0.2) is 4.79 Å². The van der Waals surface area contributed by atoms with Crippen molar-refractivity contribution in [3.63, 3.8) is 0 Å². The third kappa shape index (κ3) is 4.02. The summed E-state index contributed by atoms with van der Waals surface area (Å²) in [6.45, 7) is 0. The molecule has 124 valence electrons. The first kappa shape index (κ1) is 16.2. The zero-order chi connectivity index (χ0) is 16.9. The Morgan fingerprint density at radius 3 is 2.46 bits per heavy atom. The van der Waals surface area contributed by atoms with Crippen molar-refractivity contribution < 1.29 is 14.7 Å². The Morgan fingerprint density at radius 2 is 1.75 bits per heavy atom. The number of amides is 1. The third-order valence-corrected chi connectivity index (χ3v) is 4.55. The van der Waals surface area contributed by atoms with E-state index in [1.54, 1.807) is 24.3 Å². The zero-order valence-corrected chi connectivity index (χ0v) is 13.5. The second-order valence-corrected chi connectivity index (χ2v) is 6.28. The van der Waals surface area contributed by atoms with Crippen LogP contribution >= 0.6 is 0 Å². The summed E-state index contributed by atoms with van der Waals surface area (Å²) >= 11 is 0. The number of aromatic carboxylic acids is 1. The summed E-state index contributed by atoms with van der Waals surface area (Å²) in [5, 5.41) is 12.0. The molecular weight excluding hydrogens is 302 g/mol. The van der Waals surface area contributed by atoms with Gasteiger partial charge in [-0.05, 0) is 54.5 Å². The molecule has 4 heteroatoms. The van der Waals surface area contributed by atoms with Crippen LogP contribution in [0.1, 0.15) is 39.9 Å². The summed E-state index contributed by atoms with van der Waals surface area (Å²) in [7, 11) is 0. The lowest BCUT2D eigenvalue weighted by Gasteiger charge is -2.25. The normalized spacial score (nSPS) is 16.2. The molecule has 2 N–H and O–H groups in total. The van der Waals surface area contributed by atoms with Crippen molar-refractivity contribution in [2.75, 3.05) is 0 Å². The van der Waals surface area contributed by atoms with E-state index in [-0.39, 0.29) is 17.5 Å². The molecule has 1 aliphatic rings. The number of hydrogen-bond acceptors (Lipinski definition) is 2. The maximum atomic E-state index is 12.2. The highest BCUT2D eigenvalue weighted by atomic mass is 16.4. The summed E-state index contributed by atoms with van der Waals surface area (Å²) < 4.78 is 0. The van der Waals surface area contributed by atoms with E-state index in [9.17, 15) is 9.59 Å². The number of rotatable bonds is 5. The Labute approximate surface area is 141 Å². The van der Waals surface area contributed by atoms with Gasteiger partial charge in [-0.15, -0.1) is 0 Å².